The molecular weight excluding hydrogens is 328 g/mol. The summed E-state index contributed by atoms with van der Waals surface area (Å²) in [7, 11) is 0. The van der Waals surface area contributed by atoms with E-state index in [9.17, 15) is 15.0 Å². The van der Waals surface area contributed by atoms with Crippen molar-refractivity contribution in [3.63, 3.8) is 0 Å². The second-order valence-corrected chi connectivity index (χ2v) is 7.85. The van der Waals surface area contributed by atoms with Gasteiger partial charge in [0.1, 0.15) is 0 Å². The average molecular weight is 373 g/mol. The third kappa shape index (κ3) is 19.7. The van der Waals surface area contributed by atoms with Gasteiger partial charge in [-0.2, -0.15) is 0 Å². The molecule has 4 heteroatoms. The van der Waals surface area contributed by atoms with Crippen LogP contribution < -0.4 is 0 Å². The largest absolute Gasteiger partial charge is 0.481 e. The summed E-state index contributed by atoms with van der Waals surface area (Å²) >= 11 is 0. The van der Waals surface area contributed by atoms with Gasteiger partial charge in [-0.15, -0.1) is 0 Å². The van der Waals surface area contributed by atoms with E-state index in [1.807, 2.05) is 0 Å². The Hall–Kier alpha value is -0.610. The van der Waals surface area contributed by atoms with Crippen LogP contribution in [0.15, 0.2) is 0 Å². The van der Waals surface area contributed by atoms with Gasteiger partial charge in [0.2, 0.25) is 0 Å². The number of aliphatic carboxylic acids is 1. The van der Waals surface area contributed by atoms with Crippen LogP contribution in [-0.2, 0) is 4.79 Å². The lowest BCUT2D eigenvalue weighted by Crippen LogP contribution is -2.13. The highest BCUT2D eigenvalue weighted by molar-refractivity contribution is 5.66. The second kappa shape index (κ2) is 19.2. The van der Waals surface area contributed by atoms with Crippen molar-refractivity contribution in [2.75, 3.05) is 0 Å². The highest BCUT2D eigenvalue weighted by Gasteiger charge is 2.09. The van der Waals surface area contributed by atoms with Crippen LogP contribution in [0.25, 0.3) is 0 Å². The summed E-state index contributed by atoms with van der Waals surface area (Å²) in [6.45, 7) is 2.23. The lowest BCUT2D eigenvalue weighted by Gasteiger charge is -2.14. The van der Waals surface area contributed by atoms with E-state index in [-0.39, 0.29) is 18.6 Å². The van der Waals surface area contributed by atoms with Crippen molar-refractivity contribution in [2.45, 2.75) is 135 Å². The minimum Gasteiger partial charge on any atom is -0.481 e. The molecule has 26 heavy (non-hydrogen) atoms. The Kier molecular flexibility index (Phi) is 18.7. The number of carboxylic acid groups (broad SMARTS) is 1. The molecule has 0 fully saturated rings. The molecule has 0 spiro atoms. The van der Waals surface area contributed by atoms with Gasteiger partial charge >= 0.3 is 5.97 Å². The molecule has 0 rings (SSSR count). The molecule has 0 aromatic rings. The van der Waals surface area contributed by atoms with Gasteiger partial charge in [-0.25, -0.2) is 0 Å². The molecule has 0 aromatic carbocycles. The fourth-order valence-corrected chi connectivity index (χ4v) is 3.37. The Bertz CT molecular complexity index is 307. The minimum atomic E-state index is -0.706. The van der Waals surface area contributed by atoms with Crippen LogP contribution >= 0.6 is 0 Å². The Morgan fingerprint density at radius 1 is 0.615 bits per heavy atom. The molecule has 2 unspecified atom stereocenters. The van der Waals surface area contributed by atoms with Crippen LogP contribution in [0.5, 0.6) is 0 Å². The lowest BCUT2D eigenvalue weighted by molar-refractivity contribution is -0.137. The molecule has 0 radical (unpaired) electrons. The maximum Gasteiger partial charge on any atom is 0.303 e. The zero-order valence-corrected chi connectivity index (χ0v) is 17.1. The van der Waals surface area contributed by atoms with Gasteiger partial charge in [-0.1, -0.05) is 84.0 Å². The average Bonchev–Trinajstić information content (AvgIpc) is 2.61. The fourth-order valence-electron chi connectivity index (χ4n) is 3.37. The first kappa shape index (κ1) is 25.4. The first-order chi connectivity index (χ1) is 12.6. The molecule has 0 amide bonds. The number of hydrogen-bond acceptors (Lipinski definition) is 3. The molecule has 2 atom stereocenters. The van der Waals surface area contributed by atoms with Crippen molar-refractivity contribution in [1.29, 1.82) is 0 Å². The van der Waals surface area contributed by atoms with Gasteiger partial charge < -0.3 is 15.3 Å². The third-order valence-corrected chi connectivity index (χ3v) is 5.15. The number of unbranched alkanes of at least 4 members (excludes halogenated alkanes) is 11. The van der Waals surface area contributed by atoms with Crippen LogP contribution in [0.4, 0.5) is 0 Å². The van der Waals surface area contributed by atoms with E-state index in [0.717, 1.165) is 57.8 Å². The Morgan fingerprint density at radius 3 is 1.42 bits per heavy atom. The molecule has 0 aliphatic rings. The Balaban J connectivity index is 3.33. The van der Waals surface area contributed by atoms with E-state index in [4.69, 9.17) is 5.11 Å². The lowest BCUT2D eigenvalue weighted by atomic mass is 10.00. The monoisotopic (exact) mass is 372 g/mol. The van der Waals surface area contributed by atoms with Gasteiger partial charge in [-0.3, -0.25) is 4.79 Å². The maximum atomic E-state index is 10.4. The van der Waals surface area contributed by atoms with Gasteiger partial charge in [0.05, 0.1) is 12.2 Å². The quantitative estimate of drug-likeness (QED) is 0.235. The highest BCUT2D eigenvalue weighted by Crippen LogP contribution is 2.15. The molecule has 156 valence electrons. The first-order valence-corrected chi connectivity index (χ1v) is 11.1. The smallest absolute Gasteiger partial charge is 0.303 e. The van der Waals surface area contributed by atoms with Crippen molar-refractivity contribution in [3.05, 3.63) is 0 Å². The van der Waals surface area contributed by atoms with E-state index in [1.165, 1.54) is 38.5 Å². The third-order valence-electron chi connectivity index (χ3n) is 5.15. The van der Waals surface area contributed by atoms with Gasteiger partial charge in [0.25, 0.3) is 0 Å². The van der Waals surface area contributed by atoms with E-state index in [0.29, 0.717) is 12.8 Å². The van der Waals surface area contributed by atoms with Gasteiger partial charge in [0.15, 0.2) is 0 Å². The Morgan fingerprint density at radius 2 is 1.00 bits per heavy atom. The zero-order valence-electron chi connectivity index (χ0n) is 17.1. The molecule has 0 saturated heterocycles. The summed E-state index contributed by atoms with van der Waals surface area (Å²) in [5.41, 5.74) is 0. The molecule has 0 aliphatic heterocycles. The summed E-state index contributed by atoms with van der Waals surface area (Å²) in [5, 5.41) is 28.6. The van der Waals surface area contributed by atoms with E-state index in [1.54, 1.807) is 0 Å². The first-order valence-electron chi connectivity index (χ1n) is 11.1. The number of aliphatic hydroxyl groups excluding tert-OH is 2. The Labute approximate surface area is 161 Å². The predicted molar refractivity (Wildman–Crippen MR) is 108 cm³/mol. The van der Waals surface area contributed by atoms with Crippen molar-refractivity contribution in [3.8, 4) is 0 Å². The molecule has 0 aliphatic carbocycles. The topological polar surface area (TPSA) is 77.8 Å². The van der Waals surface area contributed by atoms with Gasteiger partial charge in [0, 0.05) is 6.42 Å². The normalized spacial score (nSPS) is 13.7. The molecule has 3 N–H and O–H groups in total. The summed E-state index contributed by atoms with van der Waals surface area (Å²) in [6, 6.07) is 0. The van der Waals surface area contributed by atoms with Crippen LogP contribution in [0.1, 0.15) is 122 Å². The standard InChI is InChI=1S/C22H44O4/c1-2-3-4-5-6-9-12-15-20(23)18-19-21(24)16-13-10-7-8-11-14-17-22(25)26/h20-21,23-24H,2-19H2,1H3,(H,25,26). The molecule has 0 saturated carbocycles. The fraction of sp³-hybridized carbons (Fsp3) is 0.955. The number of carbonyl (C=O) groups is 1. The molecule has 0 aromatic heterocycles. The summed E-state index contributed by atoms with van der Waals surface area (Å²) in [5.74, 6) is -0.706. The predicted octanol–water partition coefficient (Wildman–Crippen LogP) is 5.83. The summed E-state index contributed by atoms with van der Waals surface area (Å²) in [6.07, 6.45) is 17.8. The number of hydrogen-bond donors (Lipinski definition) is 3. The van der Waals surface area contributed by atoms with Crippen molar-refractivity contribution < 1.29 is 20.1 Å². The van der Waals surface area contributed by atoms with E-state index < -0.39 is 5.97 Å². The van der Waals surface area contributed by atoms with Crippen LogP contribution in [0.3, 0.4) is 0 Å². The van der Waals surface area contributed by atoms with E-state index >= 15 is 0 Å². The molecule has 0 heterocycles. The number of carboxylic acids is 1. The number of aliphatic hydroxyl groups is 2. The molecule has 0 bridgehead atoms. The molecule has 4 nitrogen and oxygen atoms in total. The van der Waals surface area contributed by atoms with Crippen LogP contribution in [0.2, 0.25) is 0 Å². The van der Waals surface area contributed by atoms with Crippen LogP contribution in [-0.4, -0.2) is 33.5 Å². The van der Waals surface area contributed by atoms with Crippen molar-refractivity contribution >= 4 is 5.97 Å². The SMILES string of the molecule is CCCCCCCCCC(O)CCC(O)CCCCCCCCC(=O)O. The summed E-state index contributed by atoms with van der Waals surface area (Å²) in [4.78, 5) is 10.4. The van der Waals surface area contributed by atoms with Crippen molar-refractivity contribution in [2.24, 2.45) is 0 Å². The van der Waals surface area contributed by atoms with Gasteiger partial charge in [-0.05, 0) is 32.1 Å². The maximum absolute atomic E-state index is 10.4. The minimum absolute atomic E-state index is 0.255. The molecular formula is C22H44O4. The van der Waals surface area contributed by atoms with Crippen LogP contribution in [0, 0.1) is 0 Å². The highest BCUT2D eigenvalue weighted by atomic mass is 16.4. The van der Waals surface area contributed by atoms with Crippen molar-refractivity contribution in [1.82, 2.24) is 0 Å². The zero-order chi connectivity index (χ0) is 19.5. The van der Waals surface area contributed by atoms with E-state index in [2.05, 4.69) is 6.92 Å². The number of rotatable bonds is 20. The second-order valence-electron chi connectivity index (χ2n) is 7.85. The summed E-state index contributed by atoms with van der Waals surface area (Å²) < 4.78 is 0.